The van der Waals surface area contributed by atoms with E-state index in [9.17, 15) is 0 Å². The number of hydrogen-bond acceptors (Lipinski definition) is 7. The van der Waals surface area contributed by atoms with Crippen molar-refractivity contribution < 1.29 is 20.1 Å². The maximum atomic E-state index is 8.90. The monoisotopic (exact) mass is 286 g/mol. The van der Waals surface area contributed by atoms with Crippen LogP contribution in [0.5, 0.6) is 0 Å². The number of fused-ring (bicyclic) bond motifs is 1. The summed E-state index contributed by atoms with van der Waals surface area (Å²) in [6.45, 7) is 1.59. The summed E-state index contributed by atoms with van der Waals surface area (Å²) in [5.41, 5.74) is 1.54. The van der Waals surface area contributed by atoms with E-state index < -0.39 is 24.6 Å². The summed E-state index contributed by atoms with van der Waals surface area (Å²) in [5.74, 6) is 0. The van der Waals surface area contributed by atoms with E-state index in [2.05, 4.69) is 24.7 Å². The molecule has 0 unspecified atom stereocenters. The van der Waals surface area contributed by atoms with Crippen LogP contribution in [0.2, 0.25) is 0 Å². The Bertz CT molecular complexity index is 588. The average Bonchev–Trinajstić information content (AvgIpc) is 2.94. The smallest absolute Gasteiger partial charge is 0.183 e. The first-order chi connectivity index (χ1) is 9.00. The average molecular weight is 286 g/mol. The van der Waals surface area contributed by atoms with Gasteiger partial charge in [-0.1, -0.05) is 12.2 Å². The molecule has 0 radical (unpaired) electrons. The summed E-state index contributed by atoms with van der Waals surface area (Å²) in [7, 11) is 0. The summed E-state index contributed by atoms with van der Waals surface area (Å²) in [6.07, 6.45) is -0.700. The van der Waals surface area contributed by atoms with Crippen molar-refractivity contribution in [2.24, 2.45) is 0 Å². The third-order valence-electron chi connectivity index (χ3n) is 2.71. The first-order valence-electron chi connectivity index (χ1n) is 5.57. The van der Waals surface area contributed by atoms with Crippen LogP contribution in [-0.2, 0) is 4.74 Å². The molecule has 4 atom stereocenters. The Morgan fingerprint density at radius 2 is 1.84 bits per heavy atom. The molecule has 5 N–H and O–H groups in total. The molecule has 0 bridgehead atoms. The van der Waals surface area contributed by atoms with Crippen molar-refractivity contribution in [1.29, 1.82) is 0 Å². The Morgan fingerprint density at radius 3 is 2.32 bits per heavy atom. The minimum atomic E-state index is -1.23. The number of ether oxygens (including phenoxy) is 1. The van der Waals surface area contributed by atoms with Crippen LogP contribution in [0.15, 0.2) is 12.7 Å². The fourth-order valence-corrected chi connectivity index (χ4v) is 1.82. The van der Waals surface area contributed by atoms with Gasteiger partial charge in [-0.05, 0) is 6.92 Å². The molecule has 8 nitrogen and oxygen atoms in total. The van der Waals surface area contributed by atoms with Crippen molar-refractivity contribution in [3.05, 3.63) is 17.3 Å². The molecule has 0 spiro atoms. The van der Waals surface area contributed by atoms with Gasteiger partial charge in [-0.15, -0.1) is 0 Å². The van der Waals surface area contributed by atoms with Crippen LogP contribution in [0.1, 0.15) is 6.92 Å². The van der Waals surface area contributed by atoms with Crippen LogP contribution < -0.4 is 0 Å². The van der Waals surface area contributed by atoms with Gasteiger partial charge in [0.2, 0.25) is 0 Å². The number of aromatic amines is 2. The fourth-order valence-electron chi connectivity index (χ4n) is 1.61. The molecule has 3 heterocycles. The number of aromatic nitrogens is 4. The number of aliphatic hydroxyl groups is 3. The van der Waals surface area contributed by atoms with Gasteiger partial charge in [0.05, 0.1) is 18.8 Å². The molecule has 1 aliphatic heterocycles. The minimum absolute atomic E-state index is 0.477. The number of nitrogens with one attached hydrogen (secondary N) is 2. The molecule has 0 aromatic carbocycles. The van der Waals surface area contributed by atoms with Gasteiger partial charge < -0.3 is 30.0 Å². The lowest BCUT2D eigenvalue weighted by Crippen LogP contribution is -2.31. The van der Waals surface area contributed by atoms with E-state index in [1.165, 1.54) is 6.33 Å². The molecule has 3 rings (SSSR count). The molecule has 1 aliphatic rings. The van der Waals surface area contributed by atoms with Crippen molar-refractivity contribution in [2.45, 2.75) is 31.5 Å². The maximum Gasteiger partial charge on any atom is 0.183 e. The highest BCUT2D eigenvalue weighted by Gasteiger charge is 2.38. The third-order valence-corrected chi connectivity index (χ3v) is 3.02. The van der Waals surface area contributed by atoms with Crippen LogP contribution in [-0.4, -0.2) is 59.9 Å². The summed E-state index contributed by atoms with van der Waals surface area (Å²) in [5, 5.41) is 26.4. The number of rotatable bonds is 0. The van der Waals surface area contributed by atoms with Gasteiger partial charge in [0.15, 0.2) is 16.6 Å². The Kier molecular flexibility index (Phi) is 4.22. The van der Waals surface area contributed by atoms with Crippen LogP contribution in [0.3, 0.4) is 0 Å². The second-order valence-electron chi connectivity index (χ2n) is 4.05. The highest BCUT2D eigenvalue weighted by molar-refractivity contribution is 7.71. The molecule has 19 heavy (non-hydrogen) atoms. The minimum Gasteiger partial charge on any atom is -0.388 e. The molecule has 0 amide bonds. The molecule has 0 saturated carbocycles. The lowest BCUT2D eigenvalue weighted by molar-refractivity contribution is -0.124. The second kappa shape index (κ2) is 5.72. The zero-order valence-electron chi connectivity index (χ0n) is 10.0. The number of nitrogens with zero attached hydrogens (tertiary/aromatic N) is 2. The molecular formula is C10H14N4O4S. The molecule has 9 heteroatoms. The predicted molar refractivity (Wildman–Crippen MR) is 67.6 cm³/mol. The summed E-state index contributed by atoms with van der Waals surface area (Å²) < 4.78 is 5.19. The van der Waals surface area contributed by atoms with Crippen LogP contribution in [0, 0.1) is 4.64 Å². The highest BCUT2D eigenvalue weighted by Crippen LogP contribution is 2.18. The topological polar surface area (TPSA) is 127 Å². The maximum absolute atomic E-state index is 8.90. The van der Waals surface area contributed by atoms with E-state index >= 15 is 0 Å². The third kappa shape index (κ3) is 2.96. The van der Waals surface area contributed by atoms with E-state index in [1.54, 1.807) is 13.3 Å². The van der Waals surface area contributed by atoms with Crippen LogP contribution in [0.25, 0.3) is 11.2 Å². The molecule has 104 valence electrons. The Hall–Kier alpha value is -1.39. The molecule has 2 aromatic heterocycles. The van der Waals surface area contributed by atoms with E-state index in [-0.39, 0.29) is 0 Å². The summed E-state index contributed by atoms with van der Waals surface area (Å²) >= 11 is 4.91. The largest absolute Gasteiger partial charge is 0.388 e. The van der Waals surface area contributed by atoms with Crippen LogP contribution in [0.4, 0.5) is 0 Å². The van der Waals surface area contributed by atoms with Crippen molar-refractivity contribution in [2.75, 3.05) is 0 Å². The zero-order chi connectivity index (χ0) is 14.0. The molecular weight excluding hydrogens is 272 g/mol. The molecule has 1 saturated heterocycles. The predicted octanol–water partition coefficient (Wildman–Crippen LogP) is -0.539. The lowest BCUT2D eigenvalue weighted by Gasteiger charge is -2.07. The van der Waals surface area contributed by atoms with E-state index in [1.807, 2.05) is 0 Å². The summed E-state index contributed by atoms with van der Waals surface area (Å²) in [6, 6.07) is 0. The highest BCUT2D eigenvalue weighted by atomic mass is 32.1. The Balaban J connectivity index is 0.000000141. The van der Waals surface area contributed by atoms with Crippen molar-refractivity contribution in [1.82, 2.24) is 19.9 Å². The molecule has 2 aromatic rings. The van der Waals surface area contributed by atoms with Gasteiger partial charge in [0, 0.05) is 0 Å². The standard InChI is InChI=1S/C5H4N4S.C5H10O4/c10-5-3-4(7-1-6-3)8-2-9-5;1-2-3(6)4(7)5(8)9-2/h1-2H,(H2,6,7,8,9,10);2-8H,1H3/t;2-,3-,4-,5-/m.1/s1. The van der Waals surface area contributed by atoms with Gasteiger partial charge in [0.1, 0.15) is 17.7 Å². The number of imidazole rings is 1. The van der Waals surface area contributed by atoms with Crippen molar-refractivity contribution in [3.8, 4) is 0 Å². The zero-order valence-corrected chi connectivity index (χ0v) is 10.8. The van der Waals surface area contributed by atoms with E-state index in [4.69, 9.17) is 27.5 Å². The van der Waals surface area contributed by atoms with Gasteiger partial charge in [0.25, 0.3) is 0 Å². The number of H-pyrrole nitrogens is 2. The first kappa shape index (κ1) is 14.0. The normalized spacial score (nSPS) is 30.1. The Morgan fingerprint density at radius 1 is 1.16 bits per heavy atom. The van der Waals surface area contributed by atoms with Crippen molar-refractivity contribution in [3.63, 3.8) is 0 Å². The van der Waals surface area contributed by atoms with Crippen LogP contribution >= 0.6 is 12.2 Å². The lowest BCUT2D eigenvalue weighted by atomic mass is 10.2. The van der Waals surface area contributed by atoms with Gasteiger partial charge in [-0.25, -0.2) is 9.97 Å². The van der Waals surface area contributed by atoms with E-state index in [0.717, 1.165) is 11.2 Å². The number of hydrogen-bond donors (Lipinski definition) is 5. The van der Waals surface area contributed by atoms with Gasteiger partial charge >= 0.3 is 0 Å². The van der Waals surface area contributed by atoms with Crippen molar-refractivity contribution >= 4 is 23.4 Å². The van der Waals surface area contributed by atoms with Gasteiger partial charge in [-0.3, -0.25) is 0 Å². The number of aliphatic hydroxyl groups excluding tert-OH is 3. The Labute approximate surface area is 113 Å². The quantitative estimate of drug-likeness (QED) is 0.411. The second-order valence-corrected chi connectivity index (χ2v) is 4.43. The van der Waals surface area contributed by atoms with E-state index in [0.29, 0.717) is 4.64 Å². The first-order valence-corrected chi connectivity index (χ1v) is 5.98. The molecule has 1 fully saturated rings. The fraction of sp³-hybridized carbons (Fsp3) is 0.500. The van der Waals surface area contributed by atoms with Gasteiger partial charge in [-0.2, -0.15) is 0 Å². The SMILES string of the molecule is C[C@H]1O[C@@H](O)[C@H](O)[C@@H]1O.S=c1nc[nH]c2nc[nH]c12. The summed E-state index contributed by atoms with van der Waals surface area (Å²) in [4.78, 5) is 13.6. The molecule has 0 aliphatic carbocycles.